The molecule has 118 valence electrons. The van der Waals surface area contributed by atoms with Gasteiger partial charge in [0, 0.05) is 31.2 Å². The molecule has 22 heavy (non-hydrogen) atoms. The second kappa shape index (κ2) is 6.14. The molecular formula is C16H21FN4O. The zero-order valence-corrected chi connectivity index (χ0v) is 13.2. The average molecular weight is 304 g/mol. The average Bonchev–Trinajstić information content (AvgIpc) is 2.93. The number of hydrogen-bond acceptors (Lipinski definition) is 5. The number of piperazine rings is 1. The van der Waals surface area contributed by atoms with Crippen molar-refractivity contribution in [2.45, 2.75) is 26.4 Å². The van der Waals surface area contributed by atoms with E-state index in [1.54, 1.807) is 13.0 Å². The quantitative estimate of drug-likeness (QED) is 0.871. The summed E-state index contributed by atoms with van der Waals surface area (Å²) in [7, 11) is 2.13. The zero-order valence-electron chi connectivity index (χ0n) is 13.2. The van der Waals surface area contributed by atoms with Gasteiger partial charge in [-0.3, -0.25) is 4.90 Å². The molecular weight excluding hydrogens is 283 g/mol. The first-order valence-corrected chi connectivity index (χ1v) is 7.54. The maximum absolute atomic E-state index is 13.6. The number of nitrogens with zero attached hydrogens (tertiary/aromatic N) is 4. The van der Waals surface area contributed by atoms with Crippen LogP contribution < -0.4 is 0 Å². The molecule has 0 unspecified atom stereocenters. The third-order valence-electron chi connectivity index (χ3n) is 4.20. The maximum atomic E-state index is 13.6. The van der Waals surface area contributed by atoms with Crippen LogP contribution in [-0.2, 0) is 6.54 Å². The van der Waals surface area contributed by atoms with Crippen LogP contribution in [0.5, 0.6) is 0 Å². The standard InChI is InChI=1S/C16H21FN4O/c1-11-4-5-13(8-14(11)17)16-18-15(22-19-16)10-21-7-6-20(3)9-12(21)2/h4-5,8,12H,6-7,9-10H2,1-3H3/t12-/m1/s1. The number of hydrogen-bond donors (Lipinski definition) is 0. The van der Waals surface area contributed by atoms with Crippen LogP contribution in [0.1, 0.15) is 18.4 Å². The summed E-state index contributed by atoms with van der Waals surface area (Å²) in [5.74, 6) is 0.764. The van der Waals surface area contributed by atoms with Crippen molar-refractivity contribution in [1.82, 2.24) is 19.9 Å². The molecule has 2 aromatic rings. The van der Waals surface area contributed by atoms with Crippen LogP contribution in [-0.4, -0.2) is 52.7 Å². The predicted octanol–water partition coefficient (Wildman–Crippen LogP) is 2.32. The molecule has 1 fully saturated rings. The highest BCUT2D eigenvalue weighted by Crippen LogP contribution is 2.20. The van der Waals surface area contributed by atoms with Crippen molar-refractivity contribution in [3.63, 3.8) is 0 Å². The number of benzene rings is 1. The van der Waals surface area contributed by atoms with Crippen molar-refractivity contribution in [2.24, 2.45) is 0 Å². The van der Waals surface area contributed by atoms with Crippen molar-refractivity contribution in [1.29, 1.82) is 0 Å². The molecule has 0 aliphatic carbocycles. The summed E-state index contributed by atoms with van der Waals surface area (Å²) in [4.78, 5) is 9.04. The van der Waals surface area contributed by atoms with E-state index in [4.69, 9.17) is 4.52 Å². The first-order valence-electron chi connectivity index (χ1n) is 7.54. The monoisotopic (exact) mass is 304 g/mol. The minimum Gasteiger partial charge on any atom is -0.338 e. The van der Waals surface area contributed by atoms with E-state index in [1.807, 2.05) is 6.07 Å². The molecule has 3 rings (SSSR count). The van der Waals surface area contributed by atoms with Crippen LogP contribution in [0.4, 0.5) is 4.39 Å². The van der Waals surface area contributed by atoms with Crippen molar-refractivity contribution in [2.75, 3.05) is 26.7 Å². The molecule has 0 N–H and O–H groups in total. The molecule has 1 saturated heterocycles. The Kier molecular flexibility index (Phi) is 4.22. The Hall–Kier alpha value is -1.79. The summed E-state index contributed by atoms with van der Waals surface area (Å²) >= 11 is 0. The van der Waals surface area contributed by atoms with E-state index in [2.05, 4.69) is 33.9 Å². The van der Waals surface area contributed by atoms with Gasteiger partial charge >= 0.3 is 0 Å². The summed E-state index contributed by atoms with van der Waals surface area (Å²) in [6.45, 7) is 7.61. The van der Waals surface area contributed by atoms with Gasteiger partial charge in [0.2, 0.25) is 11.7 Å². The Morgan fingerprint density at radius 1 is 1.36 bits per heavy atom. The van der Waals surface area contributed by atoms with Gasteiger partial charge in [-0.25, -0.2) is 4.39 Å². The highest BCUT2D eigenvalue weighted by Gasteiger charge is 2.23. The van der Waals surface area contributed by atoms with Gasteiger partial charge in [-0.1, -0.05) is 17.3 Å². The summed E-state index contributed by atoms with van der Waals surface area (Å²) in [5, 5.41) is 3.97. The van der Waals surface area contributed by atoms with E-state index >= 15 is 0 Å². The largest absolute Gasteiger partial charge is 0.338 e. The van der Waals surface area contributed by atoms with E-state index in [0.29, 0.717) is 35.4 Å². The maximum Gasteiger partial charge on any atom is 0.241 e. The minimum atomic E-state index is -0.253. The van der Waals surface area contributed by atoms with E-state index in [1.165, 1.54) is 6.07 Å². The van der Waals surface area contributed by atoms with Crippen molar-refractivity contribution in [3.8, 4) is 11.4 Å². The molecule has 0 saturated carbocycles. The molecule has 0 radical (unpaired) electrons. The molecule has 0 spiro atoms. The van der Waals surface area contributed by atoms with Crippen molar-refractivity contribution >= 4 is 0 Å². The Labute approximate surface area is 129 Å². The van der Waals surface area contributed by atoms with Gasteiger partial charge < -0.3 is 9.42 Å². The fourth-order valence-electron chi connectivity index (χ4n) is 2.75. The Morgan fingerprint density at radius 2 is 2.18 bits per heavy atom. The smallest absolute Gasteiger partial charge is 0.241 e. The third-order valence-corrected chi connectivity index (χ3v) is 4.20. The van der Waals surface area contributed by atoms with E-state index < -0.39 is 0 Å². The van der Waals surface area contributed by atoms with Gasteiger partial charge in [0.1, 0.15) is 5.82 Å². The molecule has 0 bridgehead atoms. The van der Waals surface area contributed by atoms with Crippen LogP contribution in [0.3, 0.4) is 0 Å². The molecule has 1 aliphatic rings. The van der Waals surface area contributed by atoms with Gasteiger partial charge in [-0.05, 0) is 32.5 Å². The van der Waals surface area contributed by atoms with Crippen LogP contribution in [0.25, 0.3) is 11.4 Å². The molecule has 2 heterocycles. The highest BCUT2D eigenvalue weighted by molar-refractivity contribution is 5.54. The molecule has 1 aliphatic heterocycles. The van der Waals surface area contributed by atoms with E-state index in [-0.39, 0.29) is 5.82 Å². The molecule has 5 nitrogen and oxygen atoms in total. The fourth-order valence-corrected chi connectivity index (χ4v) is 2.75. The lowest BCUT2D eigenvalue weighted by Gasteiger charge is -2.37. The van der Waals surface area contributed by atoms with Gasteiger partial charge in [0.25, 0.3) is 0 Å². The van der Waals surface area contributed by atoms with Gasteiger partial charge in [-0.2, -0.15) is 4.98 Å². The highest BCUT2D eigenvalue weighted by atomic mass is 19.1. The fraction of sp³-hybridized carbons (Fsp3) is 0.500. The van der Waals surface area contributed by atoms with Crippen LogP contribution in [0, 0.1) is 12.7 Å². The van der Waals surface area contributed by atoms with Gasteiger partial charge in [-0.15, -0.1) is 0 Å². The lowest BCUT2D eigenvalue weighted by molar-refractivity contribution is 0.0837. The summed E-state index contributed by atoms with van der Waals surface area (Å²) in [6.07, 6.45) is 0. The van der Waals surface area contributed by atoms with Crippen molar-refractivity contribution < 1.29 is 8.91 Å². The minimum absolute atomic E-state index is 0.253. The number of aryl methyl sites for hydroxylation is 1. The number of rotatable bonds is 3. The molecule has 1 aromatic heterocycles. The lowest BCUT2D eigenvalue weighted by Crippen LogP contribution is -2.49. The second-order valence-corrected chi connectivity index (χ2v) is 6.06. The number of likely N-dealkylation sites (N-methyl/N-ethyl adjacent to an activating group) is 1. The summed E-state index contributed by atoms with van der Waals surface area (Å²) < 4.78 is 19.0. The zero-order chi connectivity index (χ0) is 15.7. The van der Waals surface area contributed by atoms with E-state index in [0.717, 1.165) is 19.6 Å². The second-order valence-electron chi connectivity index (χ2n) is 6.06. The molecule has 1 aromatic carbocycles. The van der Waals surface area contributed by atoms with Crippen molar-refractivity contribution in [3.05, 3.63) is 35.5 Å². The Balaban J connectivity index is 1.72. The topological polar surface area (TPSA) is 45.4 Å². The number of halogens is 1. The normalized spacial score (nSPS) is 20.5. The van der Waals surface area contributed by atoms with Crippen LogP contribution in [0.15, 0.2) is 22.7 Å². The first kappa shape index (κ1) is 15.1. The van der Waals surface area contributed by atoms with Gasteiger partial charge in [0.05, 0.1) is 6.54 Å². The van der Waals surface area contributed by atoms with Crippen LogP contribution in [0.2, 0.25) is 0 Å². The van der Waals surface area contributed by atoms with E-state index in [9.17, 15) is 4.39 Å². The molecule has 6 heteroatoms. The summed E-state index contributed by atoms with van der Waals surface area (Å²) in [6, 6.07) is 5.43. The molecule has 0 amide bonds. The first-order chi connectivity index (χ1) is 10.5. The Bertz CT molecular complexity index is 657. The number of aromatic nitrogens is 2. The Morgan fingerprint density at radius 3 is 2.91 bits per heavy atom. The SMILES string of the molecule is Cc1ccc(-c2noc(CN3CCN(C)C[C@H]3C)n2)cc1F. The van der Waals surface area contributed by atoms with Crippen LogP contribution >= 0.6 is 0 Å². The third kappa shape index (κ3) is 3.18. The predicted molar refractivity (Wildman–Crippen MR) is 81.8 cm³/mol. The molecule has 1 atom stereocenters. The lowest BCUT2D eigenvalue weighted by atomic mass is 10.1. The summed E-state index contributed by atoms with van der Waals surface area (Å²) in [5.41, 5.74) is 1.25. The van der Waals surface area contributed by atoms with Gasteiger partial charge in [0.15, 0.2) is 0 Å².